The molecule has 0 saturated heterocycles. The molecule has 0 amide bonds. The lowest BCUT2D eigenvalue weighted by molar-refractivity contribution is 0.284. The van der Waals surface area contributed by atoms with Gasteiger partial charge in [0.15, 0.2) is 17.3 Å². The summed E-state index contributed by atoms with van der Waals surface area (Å²) in [6, 6.07) is 13.2. The van der Waals surface area contributed by atoms with Gasteiger partial charge in [-0.1, -0.05) is 36.7 Å². The van der Waals surface area contributed by atoms with Crippen molar-refractivity contribution in [3.05, 3.63) is 69.2 Å². The highest BCUT2D eigenvalue weighted by Gasteiger charge is 2.08. The van der Waals surface area contributed by atoms with Crippen LogP contribution in [0.4, 0.5) is 0 Å². The predicted octanol–water partition coefficient (Wildman–Crippen LogP) is 4.63. The van der Waals surface area contributed by atoms with E-state index < -0.39 is 0 Å². The number of nitrogens with one attached hydrogen (secondary N) is 1. The first-order valence-electron chi connectivity index (χ1n) is 8.37. The Morgan fingerprint density at radius 1 is 1.26 bits per heavy atom. The first-order valence-corrected chi connectivity index (χ1v) is 9.16. The van der Waals surface area contributed by atoms with Crippen LogP contribution >= 0.6 is 23.8 Å². The van der Waals surface area contributed by atoms with Gasteiger partial charge in [-0.25, -0.2) is 0 Å². The molecule has 1 N–H and O–H groups in total. The lowest BCUT2D eigenvalue weighted by Gasteiger charge is -2.12. The number of halogens is 1. The highest BCUT2D eigenvalue weighted by Crippen LogP contribution is 2.29. The number of benzene rings is 2. The highest BCUT2D eigenvalue weighted by molar-refractivity contribution is 7.71. The Balaban J connectivity index is 1.78. The smallest absolute Gasteiger partial charge is 0.216 e. The van der Waals surface area contributed by atoms with Crippen LogP contribution in [-0.4, -0.2) is 28.2 Å². The first-order chi connectivity index (χ1) is 13.1. The molecular weight excluding hydrogens is 384 g/mol. The van der Waals surface area contributed by atoms with E-state index in [4.69, 9.17) is 33.3 Å². The molecular formula is C19H19ClN4O2S. The molecule has 0 bridgehead atoms. The van der Waals surface area contributed by atoms with Gasteiger partial charge in [-0.15, -0.1) is 0 Å². The van der Waals surface area contributed by atoms with Crippen LogP contribution in [0.2, 0.25) is 5.02 Å². The Morgan fingerprint density at radius 2 is 2.07 bits per heavy atom. The zero-order valence-electron chi connectivity index (χ0n) is 15.0. The van der Waals surface area contributed by atoms with Crippen LogP contribution in [0.15, 0.2) is 47.6 Å². The minimum Gasteiger partial charge on any atom is -0.493 e. The zero-order valence-corrected chi connectivity index (χ0v) is 16.5. The van der Waals surface area contributed by atoms with Crippen LogP contribution in [0.25, 0.3) is 0 Å². The van der Waals surface area contributed by atoms with Gasteiger partial charge >= 0.3 is 0 Å². The van der Waals surface area contributed by atoms with E-state index in [0.717, 1.165) is 23.4 Å². The van der Waals surface area contributed by atoms with Gasteiger partial charge in [0.25, 0.3) is 0 Å². The van der Waals surface area contributed by atoms with Crippen molar-refractivity contribution in [1.82, 2.24) is 14.9 Å². The number of methoxy groups -OCH3 is 1. The minimum absolute atomic E-state index is 0.355. The average molecular weight is 403 g/mol. The molecule has 0 atom stereocenters. The van der Waals surface area contributed by atoms with Gasteiger partial charge in [0.05, 0.1) is 13.3 Å². The summed E-state index contributed by atoms with van der Waals surface area (Å²) in [7, 11) is 1.60. The highest BCUT2D eigenvalue weighted by atomic mass is 35.5. The molecule has 140 valence electrons. The second-order valence-electron chi connectivity index (χ2n) is 5.65. The standard InChI is InChI=1S/C19H19ClN4O2S/c1-3-18-22-23-19(27)24(18)21-11-13-8-9-16(17(10-13)25-2)26-12-14-6-4-5-7-15(14)20/h4-11H,3,12H2,1-2H3,(H,23,27)/b21-11-. The maximum Gasteiger partial charge on any atom is 0.216 e. The fraction of sp³-hybridized carbons (Fsp3) is 0.211. The fourth-order valence-corrected chi connectivity index (χ4v) is 2.84. The first kappa shape index (κ1) is 19.1. The number of ether oxygens (including phenoxy) is 2. The van der Waals surface area contributed by atoms with Crippen molar-refractivity contribution in [2.45, 2.75) is 20.0 Å². The summed E-state index contributed by atoms with van der Waals surface area (Å²) >= 11 is 11.4. The van der Waals surface area contributed by atoms with Gasteiger partial charge in [0, 0.05) is 17.0 Å². The summed E-state index contributed by atoms with van der Waals surface area (Å²) in [6.07, 6.45) is 2.42. The number of aromatic nitrogens is 3. The summed E-state index contributed by atoms with van der Waals surface area (Å²) in [4.78, 5) is 0. The molecule has 3 rings (SSSR count). The molecule has 8 heteroatoms. The van der Waals surface area contributed by atoms with Crippen LogP contribution in [0.5, 0.6) is 11.5 Å². The zero-order chi connectivity index (χ0) is 19.2. The largest absolute Gasteiger partial charge is 0.493 e. The van der Waals surface area contributed by atoms with Crippen molar-refractivity contribution in [3.63, 3.8) is 0 Å². The molecule has 0 unspecified atom stereocenters. The Bertz CT molecular complexity index is 1010. The predicted molar refractivity (Wildman–Crippen MR) is 109 cm³/mol. The molecule has 0 aliphatic heterocycles. The van der Waals surface area contributed by atoms with E-state index in [1.807, 2.05) is 49.4 Å². The SMILES string of the molecule is CCc1n[nH]c(=S)n1/N=C\c1ccc(OCc2ccccc2Cl)c(OC)c1. The third-order valence-corrected chi connectivity index (χ3v) is 4.52. The van der Waals surface area contributed by atoms with Crippen LogP contribution in [0, 0.1) is 4.77 Å². The molecule has 0 radical (unpaired) electrons. The molecule has 1 aromatic heterocycles. The van der Waals surface area contributed by atoms with Crippen molar-refractivity contribution >= 4 is 30.0 Å². The molecule has 0 saturated carbocycles. The van der Waals surface area contributed by atoms with E-state index in [9.17, 15) is 0 Å². The Kier molecular flexibility index (Phi) is 6.26. The summed E-state index contributed by atoms with van der Waals surface area (Å²) < 4.78 is 13.4. The maximum atomic E-state index is 6.17. The Morgan fingerprint density at radius 3 is 2.81 bits per heavy atom. The summed E-state index contributed by atoms with van der Waals surface area (Å²) in [6.45, 7) is 2.35. The second kappa shape index (κ2) is 8.83. The molecule has 0 aliphatic rings. The molecule has 0 spiro atoms. The molecule has 0 fully saturated rings. The van der Waals surface area contributed by atoms with Gasteiger partial charge < -0.3 is 9.47 Å². The molecule has 1 heterocycles. The summed E-state index contributed by atoms with van der Waals surface area (Å²) in [5.41, 5.74) is 1.76. The lowest BCUT2D eigenvalue weighted by atomic mass is 10.2. The summed E-state index contributed by atoms with van der Waals surface area (Å²) in [5.74, 6) is 2.00. The molecule has 0 aliphatic carbocycles. The van der Waals surface area contributed by atoms with Crippen LogP contribution < -0.4 is 9.47 Å². The normalized spacial score (nSPS) is 11.1. The van der Waals surface area contributed by atoms with E-state index in [0.29, 0.717) is 27.9 Å². The number of hydrogen-bond donors (Lipinski definition) is 1. The van der Waals surface area contributed by atoms with Gasteiger partial charge in [-0.05, 0) is 42.0 Å². The Hall–Kier alpha value is -2.64. The van der Waals surface area contributed by atoms with Crippen molar-refractivity contribution in [3.8, 4) is 11.5 Å². The molecule has 3 aromatic rings. The van der Waals surface area contributed by atoms with E-state index in [1.165, 1.54) is 0 Å². The minimum atomic E-state index is 0.355. The number of aryl methyl sites for hydroxylation is 1. The van der Waals surface area contributed by atoms with Gasteiger partial charge in [-0.3, -0.25) is 5.10 Å². The van der Waals surface area contributed by atoms with Crippen molar-refractivity contribution in [1.29, 1.82) is 0 Å². The van der Waals surface area contributed by atoms with Gasteiger partial charge in [-0.2, -0.15) is 14.9 Å². The third-order valence-electron chi connectivity index (χ3n) is 3.88. The molecule has 2 aromatic carbocycles. The monoisotopic (exact) mass is 402 g/mol. The van der Waals surface area contributed by atoms with Crippen LogP contribution in [0.3, 0.4) is 0 Å². The third kappa shape index (κ3) is 4.56. The number of hydrogen-bond acceptors (Lipinski definition) is 5. The van der Waals surface area contributed by atoms with Crippen molar-refractivity contribution in [2.75, 3.05) is 7.11 Å². The molecule has 27 heavy (non-hydrogen) atoms. The van der Waals surface area contributed by atoms with Crippen LogP contribution in [-0.2, 0) is 13.0 Å². The van der Waals surface area contributed by atoms with E-state index in [2.05, 4.69) is 15.3 Å². The number of rotatable bonds is 7. The topological polar surface area (TPSA) is 64.4 Å². The number of aromatic amines is 1. The maximum absolute atomic E-state index is 6.17. The second-order valence-corrected chi connectivity index (χ2v) is 6.44. The van der Waals surface area contributed by atoms with E-state index >= 15 is 0 Å². The molecule has 6 nitrogen and oxygen atoms in total. The van der Waals surface area contributed by atoms with E-state index in [1.54, 1.807) is 18.0 Å². The Labute approximate surface area is 167 Å². The average Bonchev–Trinajstić information content (AvgIpc) is 3.05. The fourth-order valence-electron chi connectivity index (χ4n) is 2.45. The van der Waals surface area contributed by atoms with Gasteiger partial charge in [0.1, 0.15) is 6.61 Å². The summed E-state index contributed by atoms with van der Waals surface area (Å²) in [5, 5.41) is 11.9. The number of nitrogens with zero attached hydrogens (tertiary/aromatic N) is 3. The van der Waals surface area contributed by atoms with Crippen molar-refractivity contribution in [2.24, 2.45) is 5.10 Å². The quantitative estimate of drug-likeness (QED) is 0.462. The van der Waals surface area contributed by atoms with Crippen LogP contribution in [0.1, 0.15) is 23.9 Å². The lowest BCUT2D eigenvalue weighted by Crippen LogP contribution is -2.00. The van der Waals surface area contributed by atoms with E-state index in [-0.39, 0.29) is 0 Å². The van der Waals surface area contributed by atoms with Gasteiger partial charge in [0.2, 0.25) is 4.77 Å². The van der Waals surface area contributed by atoms with Crippen molar-refractivity contribution < 1.29 is 9.47 Å². The number of H-pyrrole nitrogens is 1.